The van der Waals surface area contributed by atoms with Crippen LogP contribution in [0.4, 0.5) is 5.82 Å². The minimum absolute atomic E-state index is 0.687. The Balaban J connectivity index is 1.86. The Bertz CT molecular complexity index is 923. The predicted octanol–water partition coefficient (Wildman–Crippen LogP) is 4.20. The first-order valence-electron chi connectivity index (χ1n) is 9.30. The molecule has 2 atom stereocenters. The Kier molecular flexibility index (Phi) is 4.31. The Hall–Kier alpha value is -2.56. The van der Waals surface area contributed by atoms with Gasteiger partial charge in [-0.05, 0) is 31.2 Å². The van der Waals surface area contributed by atoms with Crippen LogP contribution >= 0.6 is 0 Å². The summed E-state index contributed by atoms with van der Waals surface area (Å²) >= 11 is 0. The zero-order chi connectivity index (χ0) is 18.3. The van der Waals surface area contributed by atoms with Gasteiger partial charge in [-0.2, -0.15) is 9.61 Å². The van der Waals surface area contributed by atoms with Gasteiger partial charge in [-0.25, -0.2) is 4.98 Å². The van der Waals surface area contributed by atoms with Crippen LogP contribution in [0.25, 0.3) is 16.8 Å². The molecule has 1 aromatic carbocycles. The molecule has 0 bridgehead atoms. The van der Waals surface area contributed by atoms with Crippen LogP contribution in [0.15, 0.2) is 36.5 Å². The lowest BCUT2D eigenvalue weighted by atomic mass is 9.92. The van der Waals surface area contributed by atoms with Crippen molar-refractivity contribution in [2.45, 2.75) is 27.2 Å². The summed E-state index contributed by atoms with van der Waals surface area (Å²) in [6.07, 6.45) is 3.19. The highest BCUT2D eigenvalue weighted by atomic mass is 16.5. The lowest BCUT2D eigenvalue weighted by molar-refractivity contribution is 0.354. The van der Waals surface area contributed by atoms with Crippen LogP contribution < -0.4 is 9.64 Å². The summed E-state index contributed by atoms with van der Waals surface area (Å²) in [7, 11) is 1.70. The molecule has 0 amide bonds. The average Bonchev–Trinajstić information content (AvgIpc) is 3.03. The molecule has 4 rings (SSSR count). The summed E-state index contributed by atoms with van der Waals surface area (Å²) in [5, 5.41) is 4.69. The second-order valence-corrected chi connectivity index (χ2v) is 7.60. The highest BCUT2D eigenvalue weighted by Gasteiger charge is 2.25. The predicted molar refractivity (Wildman–Crippen MR) is 105 cm³/mol. The Labute approximate surface area is 154 Å². The van der Waals surface area contributed by atoms with Gasteiger partial charge in [0.05, 0.1) is 18.9 Å². The largest absolute Gasteiger partial charge is 0.496 e. The first-order valence-corrected chi connectivity index (χ1v) is 9.30. The van der Waals surface area contributed by atoms with E-state index in [2.05, 4.69) is 37.8 Å². The molecule has 1 aliphatic heterocycles. The second-order valence-electron chi connectivity index (χ2n) is 7.60. The topological polar surface area (TPSA) is 42.7 Å². The van der Waals surface area contributed by atoms with Gasteiger partial charge in [0, 0.05) is 30.4 Å². The highest BCUT2D eigenvalue weighted by molar-refractivity contribution is 5.82. The molecule has 2 aromatic heterocycles. The zero-order valence-corrected chi connectivity index (χ0v) is 15.9. The SMILES string of the molecule is COc1ccccc1-c1cnn2c(N3C[C@H](C)C[C@H](C)C3)cc(C)nc12. The number of piperidine rings is 1. The third-order valence-electron chi connectivity index (χ3n) is 5.17. The number of hydrogen-bond donors (Lipinski definition) is 0. The number of ether oxygens (including phenoxy) is 1. The number of fused-ring (bicyclic) bond motifs is 1. The standard InChI is InChI=1S/C21H26N4O/c1-14-9-15(2)13-24(12-14)20-10-16(3)23-21-18(11-22-25(20)21)17-7-5-6-8-19(17)26-4/h5-8,10-11,14-15H,9,12-13H2,1-4H3/t14-,15+. The van der Waals surface area contributed by atoms with E-state index in [-0.39, 0.29) is 0 Å². The molecule has 0 N–H and O–H groups in total. The van der Waals surface area contributed by atoms with E-state index < -0.39 is 0 Å². The van der Waals surface area contributed by atoms with Gasteiger partial charge in [-0.1, -0.05) is 32.0 Å². The third kappa shape index (κ3) is 2.91. The maximum atomic E-state index is 5.55. The molecule has 0 aliphatic carbocycles. The summed E-state index contributed by atoms with van der Waals surface area (Å²) in [5.74, 6) is 3.34. The molecule has 3 heterocycles. The second kappa shape index (κ2) is 6.63. The number of nitrogens with zero attached hydrogens (tertiary/aromatic N) is 4. The van der Waals surface area contributed by atoms with Crippen molar-refractivity contribution in [2.75, 3.05) is 25.1 Å². The van der Waals surface area contributed by atoms with E-state index in [1.165, 1.54) is 6.42 Å². The number of aromatic nitrogens is 3. The van der Waals surface area contributed by atoms with E-state index in [4.69, 9.17) is 14.8 Å². The minimum Gasteiger partial charge on any atom is -0.496 e. The van der Waals surface area contributed by atoms with Crippen LogP contribution in [0.2, 0.25) is 0 Å². The van der Waals surface area contributed by atoms with Crippen LogP contribution in [0.3, 0.4) is 0 Å². The lowest BCUT2D eigenvalue weighted by Crippen LogP contribution is -2.39. The lowest BCUT2D eigenvalue weighted by Gasteiger charge is -2.36. The highest BCUT2D eigenvalue weighted by Crippen LogP contribution is 2.34. The van der Waals surface area contributed by atoms with Crippen molar-refractivity contribution >= 4 is 11.5 Å². The molecule has 0 spiro atoms. The first kappa shape index (κ1) is 16.9. The van der Waals surface area contributed by atoms with Crippen molar-refractivity contribution in [2.24, 2.45) is 11.8 Å². The maximum Gasteiger partial charge on any atom is 0.165 e. The van der Waals surface area contributed by atoms with Gasteiger partial charge in [0.25, 0.3) is 0 Å². The Morgan fingerprint density at radius 3 is 2.54 bits per heavy atom. The molecule has 5 heteroatoms. The quantitative estimate of drug-likeness (QED) is 0.710. The Morgan fingerprint density at radius 2 is 1.81 bits per heavy atom. The van der Waals surface area contributed by atoms with Crippen molar-refractivity contribution in [1.82, 2.24) is 14.6 Å². The van der Waals surface area contributed by atoms with Crippen LogP contribution in [0.1, 0.15) is 26.0 Å². The third-order valence-corrected chi connectivity index (χ3v) is 5.17. The summed E-state index contributed by atoms with van der Waals surface area (Å²) in [5.41, 5.74) is 3.92. The van der Waals surface area contributed by atoms with Gasteiger partial charge in [0.15, 0.2) is 5.65 Å². The van der Waals surface area contributed by atoms with Crippen molar-refractivity contribution in [3.05, 3.63) is 42.2 Å². The van der Waals surface area contributed by atoms with Crippen molar-refractivity contribution in [3.8, 4) is 16.9 Å². The van der Waals surface area contributed by atoms with Gasteiger partial charge >= 0.3 is 0 Å². The van der Waals surface area contributed by atoms with E-state index >= 15 is 0 Å². The van der Waals surface area contributed by atoms with E-state index in [1.54, 1.807) is 7.11 Å². The first-order chi connectivity index (χ1) is 12.6. The number of benzene rings is 1. The van der Waals surface area contributed by atoms with Gasteiger partial charge < -0.3 is 9.64 Å². The van der Waals surface area contributed by atoms with Gasteiger partial charge in [-0.15, -0.1) is 0 Å². The summed E-state index contributed by atoms with van der Waals surface area (Å²) in [6, 6.07) is 10.2. The molecule has 0 saturated carbocycles. The number of rotatable bonds is 3. The minimum atomic E-state index is 0.687. The van der Waals surface area contributed by atoms with Crippen LogP contribution in [-0.2, 0) is 0 Å². The number of aryl methyl sites for hydroxylation is 1. The van der Waals surface area contributed by atoms with Crippen LogP contribution in [0, 0.1) is 18.8 Å². The molecule has 136 valence electrons. The molecule has 5 nitrogen and oxygen atoms in total. The van der Waals surface area contributed by atoms with Crippen molar-refractivity contribution in [3.63, 3.8) is 0 Å². The summed E-state index contributed by atoms with van der Waals surface area (Å²) < 4.78 is 7.53. The molecular formula is C21H26N4O. The summed E-state index contributed by atoms with van der Waals surface area (Å²) in [4.78, 5) is 7.26. The van der Waals surface area contributed by atoms with Gasteiger partial charge in [-0.3, -0.25) is 0 Å². The molecule has 0 radical (unpaired) electrons. The average molecular weight is 350 g/mol. The van der Waals surface area contributed by atoms with E-state index in [0.717, 1.165) is 47.1 Å². The smallest absolute Gasteiger partial charge is 0.165 e. The number of hydrogen-bond acceptors (Lipinski definition) is 4. The fourth-order valence-electron chi connectivity index (χ4n) is 4.20. The van der Waals surface area contributed by atoms with Crippen LogP contribution in [0.5, 0.6) is 5.75 Å². The van der Waals surface area contributed by atoms with Crippen molar-refractivity contribution < 1.29 is 4.74 Å². The van der Waals surface area contributed by atoms with E-state index in [0.29, 0.717) is 11.8 Å². The molecule has 26 heavy (non-hydrogen) atoms. The number of methoxy groups -OCH3 is 1. The van der Waals surface area contributed by atoms with E-state index in [9.17, 15) is 0 Å². The van der Waals surface area contributed by atoms with E-state index in [1.807, 2.05) is 28.9 Å². The summed E-state index contributed by atoms with van der Waals surface area (Å²) in [6.45, 7) is 8.84. The molecule has 1 fully saturated rings. The van der Waals surface area contributed by atoms with Gasteiger partial charge in [0.1, 0.15) is 11.6 Å². The maximum absolute atomic E-state index is 5.55. The van der Waals surface area contributed by atoms with Crippen molar-refractivity contribution in [1.29, 1.82) is 0 Å². The fourth-order valence-corrected chi connectivity index (χ4v) is 4.20. The molecule has 0 unspecified atom stereocenters. The van der Waals surface area contributed by atoms with Crippen LogP contribution in [-0.4, -0.2) is 34.8 Å². The molecule has 1 saturated heterocycles. The Morgan fingerprint density at radius 1 is 1.08 bits per heavy atom. The monoisotopic (exact) mass is 350 g/mol. The normalized spacial score (nSPS) is 20.5. The fraction of sp³-hybridized carbons (Fsp3) is 0.429. The number of para-hydroxylation sites is 1. The molecule has 1 aliphatic rings. The molecular weight excluding hydrogens is 324 g/mol. The van der Waals surface area contributed by atoms with Gasteiger partial charge in [0.2, 0.25) is 0 Å². The number of anilines is 1. The molecule has 3 aromatic rings. The zero-order valence-electron chi connectivity index (χ0n) is 15.9.